The maximum atomic E-state index is 10.2. The third-order valence-corrected chi connectivity index (χ3v) is 4.84. The minimum Gasteiger partial charge on any atom is -0.497 e. The molecule has 0 saturated carbocycles. The number of hydrogen-bond donors (Lipinski definition) is 4. The monoisotopic (exact) mass is 401 g/mol. The fourth-order valence-corrected chi connectivity index (χ4v) is 3.13. The number of aliphatic hydroxyl groups excluding tert-OH is 4. The number of benzene rings is 2. The highest BCUT2D eigenvalue weighted by Crippen LogP contribution is 2.29. The summed E-state index contributed by atoms with van der Waals surface area (Å²) in [4.78, 5) is 0. The molecule has 0 aliphatic carbocycles. The first kappa shape index (κ1) is 21.0. The van der Waals surface area contributed by atoms with Crippen molar-refractivity contribution in [2.75, 3.05) is 13.7 Å². The molecule has 1 heterocycles. The van der Waals surface area contributed by atoms with Crippen LogP contribution in [0.5, 0.6) is 11.5 Å². The van der Waals surface area contributed by atoms with Crippen LogP contribution in [0.2, 0.25) is 0 Å². The van der Waals surface area contributed by atoms with E-state index >= 15 is 0 Å². The number of ether oxygens (including phenoxy) is 3. The van der Waals surface area contributed by atoms with Crippen LogP contribution in [0.4, 0.5) is 0 Å². The van der Waals surface area contributed by atoms with E-state index in [2.05, 4.69) is 0 Å². The van der Waals surface area contributed by atoms with Crippen molar-refractivity contribution in [3.05, 3.63) is 59.2 Å². The number of nitriles is 1. The molecule has 1 aliphatic rings. The third kappa shape index (κ3) is 4.67. The number of nitrogens with zero attached hydrogens (tertiary/aromatic N) is 1. The number of hydrogen-bond acceptors (Lipinski definition) is 8. The lowest BCUT2D eigenvalue weighted by Crippen LogP contribution is -2.60. The van der Waals surface area contributed by atoms with E-state index in [4.69, 9.17) is 14.2 Å². The first-order valence-corrected chi connectivity index (χ1v) is 9.10. The third-order valence-electron chi connectivity index (χ3n) is 4.84. The van der Waals surface area contributed by atoms with Crippen LogP contribution in [-0.2, 0) is 11.2 Å². The van der Waals surface area contributed by atoms with Crippen LogP contribution in [-0.4, -0.2) is 64.8 Å². The second-order valence-electron chi connectivity index (χ2n) is 6.77. The van der Waals surface area contributed by atoms with Crippen LogP contribution in [0, 0.1) is 11.3 Å². The molecule has 8 nitrogen and oxygen atoms in total. The molecule has 1 aliphatic heterocycles. The van der Waals surface area contributed by atoms with Crippen LogP contribution in [0.1, 0.15) is 16.7 Å². The van der Waals surface area contributed by atoms with Gasteiger partial charge >= 0.3 is 0 Å². The van der Waals surface area contributed by atoms with Gasteiger partial charge in [-0.05, 0) is 35.4 Å². The Morgan fingerprint density at radius 1 is 1.03 bits per heavy atom. The second-order valence-corrected chi connectivity index (χ2v) is 6.77. The van der Waals surface area contributed by atoms with E-state index in [9.17, 15) is 25.7 Å². The molecule has 154 valence electrons. The van der Waals surface area contributed by atoms with E-state index in [0.29, 0.717) is 17.7 Å². The van der Waals surface area contributed by atoms with Gasteiger partial charge in [0.25, 0.3) is 0 Å². The summed E-state index contributed by atoms with van der Waals surface area (Å²) in [5.74, 6) is 1.02. The fourth-order valence-electron chi connectivity index (χ4n) is 3.13. The van der Waals surface area contributed by atoms with E-state index < -0.39 is 37.3 Å². The van der Waals surface area contributed by atoms with Crippen LogP contribution >= 0.6 is 0 Å². The molecule has 0 unspecified atom stereocenters. The molecule has 0 bridgehead atoms. The smallest absolute Gasteiger partial charge is 0.229 e. The van der Waals surface area contributed by atoms with E-state index in [1.54, 1.807) is 19.2 Å². The molecule has 2 aromatic carbocycles. The van der Waals surface area contributed by atoms with Gasteiger partial charge in [-0.2, -0.15) is 5.26 Å². The molecule has 1 fully saturated rings. The first-order chi connectivity index (χ1) is 14.0. The topological polar surface area (TPSA) is 132 Å². The number of methoxy groups -OCH3 is 1. The van der Waals surface area contributed by atoms with Crippen molar-refractivity contribution in [1.29, 1.82) is 5.26 Å². The maximum Gasteiger partial charge on any atom is 0.229 e. The summed E-state index contributed by atoms with van der Waals surface area (Å²) in [5, 5.41) is 48.7. The van der Waals surface area contributed by atoms with Gasteiger partial charge in [-0.1, -0.05) is 18.2 Å². The zero-order chi connectivity index (χ0) is 21.0. The molecular formula is C21H23NO7. The summed E-state index contributed by atoms with van der Waals surface area (Å²) in [5.41, 5.74) is 2.04. The molecule has 0 aromatic heterocycles. The summed E-state index contributed by atoms with van der Waals surface area (Å²) in [6, 6.07) is 14.4. The normalized spacial score (nSPS) is 26.6. The van der Waals surface area contributed by atoms with E-state index in [1.165, 1.54) is 6.07 Å². The Balaban J connectivity index is 1.86. The van der Waals surface area contributed by atoms with Crippen molar-refractivity contribution in [2.24, 2.45) is 0 Å². The van der Waals surface area contributed by atoms with E-state index in [1.807, 2.05) is 30.3 Å². The predicted octanol–water partition coefficient (Wildman–Crippen LogP) is 0.336. The average Bonchev–Trinajstić information content (AvgIpc) is 2.75. The Morgan fingerprint density at radius 3 is 2.38 bits per heavy atom. The van der Waals surface area contributed by atoms with Crippen LogP contribution < -0.4 is 9.47 Å². The highest BCUT2D eigenvalue weighted by molar-refractivity contribution is 5.45. The Morgan fingerprint density at radius 2 is 1.76 bits per heavy atom. The first-order valence-electron chi connectivity index (χ1n) is 9.10. The highest BCUT2D eigenvalue weighted by atomic mass is 16.7. The minimum atomic E-state index is -1.55. The molecule has 0 amide bonds. The second kappa shape index (κ2) is 9.22. The van der Waals surface area contributed by atoms with Crippen molar-refractivity contribution < 1.29 is 34.6 Å². The van der Waals surface area contributed by atoms with Crippen LogP contribution in [0.15, 0.2) is 42.5 Å². The molecule has 4 N–H and O–H groups in total. The quantitative estimate of drug-likeness (QED) is 0.545. The molecule has 29 heavy (non-hydrogen) atoms. The standard InChI is InChI=1S/C21H23NO7/c1-27-15-6-3-12(4-7-15)8-14-5-2-13(10-22)9-16(14)28-21-20(26)19(25)18(24)17(11-23)29-21/h2-7,9,17-21,23-26H,8,11H2,1H3/t17-,18-,19+,20-,21+/m1/s1. The zero-order valence-corrected chi connectivity index (χ0v) is 15.8. The van der Waals surface area contributed by atoms with E-state index in [-0.39, 0.29) is 0 Å². The van der Waals surface area contributed by atoms with Gasteiger partial charge in [-0.3, -0.25) is 0 Å². The van der Waals surface area contributed by atoms with Crippen molar-refractivity contribution in [3.8, 4) is 17.6 Å². The summed E-state index contributed by atoms with van der Waals surface area (Å²) in [6.45, 7) is -0.554. The van der Waals surface area contributed by atoms with Crippen LogP contribution in [0.25, 0.3) is 0 Å². The molecule has 1 saturated heterocycles. The van der Waals surface area contributed by atoms with Gasteiger partial charge in [-0.15, -0.1) is 0 Å². The van der Waals surface area contributed by atoms with E-state index in [0.717, 1.165) is 16.9 Å². The van der Waals surface area contributed by atoms with Gasteiger partial charge in [0.2, 0.25) is 6.29 Å². The van der Waals surface area contributed by atoms with Gasteiger partial charge in [-0.25, -0.2) is 0 Å². The average molecular weight is 401 g/mol. The molecule has 8 heteroatoms. The molecule has 3 rings (SSSR count). The van der Waals surface area contributed by atoms with Gasteiger partial charge in [0, 0.05) is 6.42 Å². The summed E-state index contributed by atoms with van der Waals surface area (Å²) in [6.07, 6.45) is -6.49. The predicted molar refractivity (Wildman–Crippen MR) is 101 cm³/mol. The highest BCUT2D eigenvalue weighted by Gasteiger charge is 2.44. The van der Waals surface area contributed by atoms with Crippen molar-refractivity contribution >= 4 is 0 Å². The SMILES string of the molecule is COc1ccc(Cc2ccc(C#N)cc2O[C@H]2O[C@H](CO)[C@@H](O)[C@H](O)[C@H]2O)cc1. The number of rotatable bonds is 6. The van der Waals surface area contributed by atoms with Crippen molar-refractivity contribution in [2.45, 2.75) is 37.1 Å². The lowest BCUT2D eigenvalue weighted by molar-refractivity contribution is -0.277. The lowest BCUT2D eigenvalue weighted by atomic mass is 9.99. The zero-order valence-electron chi connectivity index (χ0n) is 15.8. The number of aliphatic hydroxyl groups is 4. The molecule has 2 aromatic rings. The van der Waals surface area contributed by atoms with Gasteiger partial charge < -0.3 is 34.6 Å². The molecule has 0 radical (unpaired) electrons. The van der Waals surface area contributed by atoms with Crippen molar-refractivity contribution in [1.82, 2.24) is 0 Å². The lowest BCUT2D eigenvalue weighted by Gasteiger charge is -2.39. The van der Waals surface area contributed by atoms with Gasteiger partial charge in [0.15, 0.2) is 0 Å². The molecular weight excluding hydrogens is 378 g/mol. The molecule has 5 atom stereocenters. The Hall–Kier alpha value is -2.67. The van der Waals surface area contributed by atoms with Crippen LogP contribution in [0.3, 0.4) is 0 Å². The summed E-state index contributed by atoms with van der Waals surface area (Å²) < 4.78 is 16.3. The Bertz CT molecular complexity index is 862. The summed E-state index contributed by atoms with van der Waals surface area (Å²) in [7, 11) is 1.59. The van der Waals surface area contributed by atoms with Gasteiger partial charge in [0.05, 0.1) is 25.3 Å². The van der Waals surface area contributed by atoms with Crippen molar-refractivity contribution in [3.63, 3.8) is 0 Å². The fraction of sp³-hybridized carbons (Fsp3) is 0.381. The summed E-state index contributed by atoms with van der Waals surface area (Å²) >= 11 is 0. The maximum absolute atomic E-state index is 10.2. The minimum absolute atomic E-state index is 0.296. The largest absolute Gasteiger partial charge is 0.497 e. The molecule has 0 spiro atoms. The Kier molecular flexibility index (Phi) is 6.69. The van der Waals surface area contributed by atoms with Gasteiger partial charge in [0.1, 0.15) is 35.9 Å². The Labute approximate surface area is 168 Å².